The number of rotatable bonds is 48. The molecule has 9 N–H and O–H groups in total. The SMILES string of the molecule is CCC(C)[C@@H]([C@@H](CC(=O)N1CCC[C@H]1[C@H](OC)C(C)C(=O)N[C@H](C)[C@@H](O)c1ccccc1)OC)N(C)C(=O)[C@@H](NC(=O)[C@H](C(C)C)N(C)C(=O)OCc1ccc(NC(=O)[C@H](CCCCN)NC(=O)[C@H](Cc2ccccc2)NC(=O)[C@@H](C)NC(=O)CC(C)(C)OCCC(C)(C)Oc2ccc(N3C(=O)C(Sc4ccccc4)=C(Sc4ccccc4)C3=O)cc2)cc1)C(C)C. The number of methoxy groups -OCH3 is 2. The molecule has 11 amide bonds. The van der Waals surface area contributed by atoms with Crippen LogP contribution in [-0.4, -0.2) is 205 Å². The minimum Gasteiger partial charge on any atom is -0.488 e. The third-order valence-electron chi connectivity index (χ3n) is 23.1. The lowest BCUT2D eigenvalue weighted by atomic mass is 9.89. The fourth-order valence-electron chi connectivity index (χ4n) is 15.8. The van der Waals surface area contributed by atoms with Crippen molar-refractivity contribution in [3.63, 3.8) is 0 Å². The van der Waals surface area contributed by atoms with Gasteiger partial charge in [0.25, 0.3) is 11.8 Å². The Morgan fingerprint density at radius 2 is 1.19 bits per heavy atom. The van der Waals surface area contributed by atoms with Crippen LogP contribution in [0, 0.1) is 23.7 Å². The molecule has 2 aliphatic heterocycles. The number of thioether (sulfide) groups is 2. The summed E-state index contributed by atoms with van der Waals surface area (Å²) in [4.78, 5) is 165. The first kappa shape index (κ1) is 102. The third kappa shape index (κ3) is 29.3. The van der Waals surface area contributed by atoms with Crippen molar-refractivity contribution in [2.75, 3.05) is 58.2 Å². The number of amides is 11. The molecule has 0 saturated carbocycles. The lowest BCUT2D eigenvalue weighted by molar-refractivity contribution is -0.148. The number of nitrogens with two attached hydrogens (primary N) is 1. The highest BCUT2D eigenvalue weighted by molar-refractivity contribution is 8.08. The Morgan fingerprint density at radius 3 is 1.74 bits per heavy atom. The van der Waals surface area contributed by atoms with Crippen molar-refractivity contribution in [1.29, 1.82) is 0 Å². The van der Waals surface area contributed by atoms with Gasteiger partial charge in [-0.1, -0.05) is 188 Å². The number of hydrogen-bond donors (Lipinski definition) is 8. The van der Waals surface area contributed by atoms with Crippen LogP contribution in [0.3, 0.4) is 0 Å². The standard InChI is InChI=1S/C97H131N11O17S2/c1-18-62(6)82(77(121-16)57-79(110)107-54-33-43-76(107)84(122-17)63(7)87(112)100-64(8)83(111)68-36-25-20-26-37-68)105(14)92(117)80(60(2)3)104-91(116)81(61(4)5)106(15)95(120)123-59-67-44-46-69(47-45-67)101-89(114)74(42-31-32-53-98)102-90(115)75(56-66-34-23-19-24-35-66)103-88(113)65(9)99-78(109)58-97(12,13)124-55-52-96(10,11)125-71-50-48-70(49-51-71)108-93(118)85(126-72-38-27-21-28-39-72)86(94(108)119)127-73-40-29-22-30-41-73/h19-30,34-41,44-51,60-65,74-77,80-84,111H,18,31-33,42-43,52-59,98H2,1-17H3,(H,99,109)(H,100,112)(H,101,114)(H,102,115)(H,103,113)(H,104,116)/t62?,63?,64-,65-,74+,75+,76+,77-,80+,81+,82+,83-,84-/m1/s1. The third-order valence-corrected chi connectivity index (χ3v) is 25.4. The van der Waals surface area contributed by atoms with Gasteiger partial charge in [-0.3, -0.25) is 52.8 Å². The van der Waals surface area contributed by atoms with E-state index in [0.717, 1.165) is 9.79 Å². The van der Waals surface area contributed by atoms with E-state index in [1.165, 1.54) is 61.5 Å². The molecule has 2 unspecified atom stereocenters. The molecule has 127 heavy (non-hydrogen) atoms. The quantitative estimate of drug-likeness (QED) is 0.0130. The summed E-state index contributed by atoms with van der Waals surface area (Å²) in [7, 11) is 6.10. The molecule has 6 aromatic carbocycles. The van der Waals surface area contributed by atoms with E-state index < -0.39 is 149 Å². The number of ether oxygens (including phenoxy) is 5. The topological polar surface area (TPSA) is 365 Å². The van der Waals surface area contributed by atoms with Gasteiger partial charge in [-0.15, -0.1) is 0 Å². The van der Waals surface area contributed by atoms with Crippen molar-refractivity contribution in [2.24, 2.45) is 29.4 Å². The predicted octanol–water partition coefficient (Wildman–Crippen LogP) is 12.5. The molecule has 2 aliphatic rings. The predicted molar refractivity (Wildman–Crippen MR) is 493 cm³/mol. The first-order valence-electron chi connectivity index (χ1n) is 43.8. The van der Waals surface area contributed by atoms with Gasteiger partial charge < -0.3 is 76.2 Å². The number of imide groups is 1. The van der Waals surface area contributed by atoms with Crippen LogP contribution in [0.25, 0.3) is 0 Å². The van der Waals surface area contributed by atoms with E-state index in [9.17, 15) is 57.8 Å². The zero-order chi connectivity index (χ0) is 93.0. The van der Waals surface area contributed by atoms with E-state index in [1.807, 2.05) is 113 Å². The van der Waals surface area contributed by atoms with Gasteiger partial charge >= 0.3 is 6.09 Å². The normalized spacial score (nSPS) is 16.5. The number of aliphatic hydroxyl groups is 1. The van der Waals surface area contributed by atoms with Crippen LogP contribution in [0.1, 0.15) is 171 Å². The number of nitrogens with one attached hydrogen (secondary N) is 6. The summed E-state index contributed by atoms with van der Waals surface area (Å²) in [6, 6.07) is 42.9. The molecule has 2 heterocycles. The number of anilines is 2. The summed E-state index contributed by atoms with van der Waals surface area (Å²) in [5.74, 6) is -6.07. The Kier molecular flexibility index (Phi) is 39.0. The summed E-state index contributed by atoms with van der Waals surface area (Å²) in [5, 5.41) is 28.3. The number of likely N-dealkylation sites (tertiary alicyclic amines) is 1. The van der Waals surface area contributed by atoms with E-state index >= 15 is 0 Å². The second-order valence-electron chi connectivity index (χ2n) is 34.7. The zero-order valence-electron chi connectivity index (χ0n) is 76.4. The number of unbranched alkanes of at least 4 members (excludes halogenated alkanes) is 1. The minimum atomic E-state index is -1.20. The second kappa shape index (κ2) is 48.6. The molecule has 0 spiro atoms. The van der Waals surface area contributed by atoms with E-state index in [-0.39, 0.29) is 56.6 Å². The number of carbonyl (C=O) groups excluding carboxylic acids is 11. The van der Waals surface area contributed by atoms with E-state index in [4.69, 9.17) is 29.4 Å². The van der Waals surface area contributed by atoms with E-state index in [2.05, 4.69) is 31.9 Å². The monoisotopic (exact) mass is 1790 g/mol. The molecule has 688 valence electrons. The first-order chi connectivity index (χ1) is 60.4. The molecule has 6 aromatic rings. The highest BCUT2D eigenvalue weighted by Gasteiger charge is 2.46. The largest absolute Gasteiger partial charge is 0.488 e. The summed E-state index contributed by atoms with van der Waals surface area (Å²) < 4.78 is 30.6. The Hall–Kier alpha value is -10.5. The Morgan fingerprint density at radius 1 is 0.614 bits per heavy atom. The van der Waals surface area contributed by atoms with Crippen LogP contribution in [-0.2, 0) is 79.9 Å². The average molecular weight is 1790 g/mol. The molecule has 0 aromatic heterocycles. The number of nitrogens with zero attached hydrogens (tertiary/aromatic N) is 4. The number of likely N-dealkylation sites (N-methyl/N-ethyl adjacent to an activating group) is 2. The fraction of sp³-hybridized carbons (Fsp3) is 0.495. The number of hydrogen-bond acceptors (Lipinski definition) is 20. The van der Waals surface area contributed by atoms with Crippen molar-refractivity contribution in [3.8, 4) is 5.75 Å². The van der Waals surface area contributed by atoms with Gasteiger partial charge in [0.2, 0.25) is 47.3 Å². The minimum absolute atomic E-state index is 0.0361. The maximum absolute atomic E-state index is 14.9. The molecule has 13 atom stereocenters. The molecule has 0 radical (unpaired) electrons. The van der Waals surface area contributed by atoms with E-state index in [1.54, 1.807) is 157 Å². The lowest BCUT2D eigenvalue weighted by Crippen LogP contribution is -2.60. The van der Waals surface area contributed by atoms with Crippen molar-refractivity contribution in [3.05, 3.63) is 196 Å². The van der Waals surface area contributed by atoms with E-state index in [0.29, 0.717) is 95.2 Å². The molecule has 28 nitrogen and oxygen atoms in total. The van der Waals surface area contributed by atoms with Crippen LogP contribution < -0.4 is 47.3 Å². The maximum Gasteiger partial charge on any atom is 0.410 e. The molecule has 0 aliphatic carbocycles. The summed E-state index contributed by atoms with van der Waals surface area (Å²) >= 11 is 2.50. The number of carbonyl (C=O) groups is 11. The Balaban J connectivity index is 0.814. The van der Waals surface area contributed by atoms with Gasteiger partial charge in [-0.25, -0.2) is 9.69 Å². The van der Waals surface area contributed by atoms with Gasteiger partial charge in [0, 0.05) is 63.2 Å². The summed E-state index contributed by atoms with van der Waals surface area (Å²) in [5.41, 5.74) is 6.75. The second-order valence-corrected chi connectivity index (χ2v) is 36.9. The van der Waals surface area contributed by atoms with Gasteiger partial charge in [-0.2, -0.15) is 0 Å². The molecule has 0 bridgehead atoms. The van der Waals surface area contributed by atoms with Crippen LogP contribution in [0.4, 0.5) is 16.2 Å². The highest BCUT2D eigenvalue weighted by atomic mass is 32.2. The molecule has 1 fully saturated rings. The summed E-state index contributed by atoms with van der Waals surface area (Å²) in [6.45, 7) is 24.1. The Bertz CT molecular complexity index is 4600. The maximum atomic E-state index is 14.9. The van der Waals surface area contributed by atoms with Gasteiger partial charge in [0.15, 0.2) is 0 Å². The van der Waals surface area contributed by atoms with Gasteiger partial charge in [-0.05, 0) is 175 Å². The van der Waals surface area contributed by atoms with Gasteiger partial charge in [0.05, 0.1) is 82.9 Å². The lowest BCUT2D eigenvalue weighted by Gasteiger charge is -2.41. The van der Waals surface area contributed by atoms with Crippen molar-refractivity contribution in [2.45, 2.75) is 248 Å². The van der Waals surface area contributed by atoms with Gasteiger partial charge in [0.1, 0.15) is 48.2 Å². The number of benzene rings is 6. The van der Waals surface area contributed by atoms with Crippen molar-refractivity contribution in [1.82, 2.24) is 41.3 Å². The fourth-order valence-corrected chi connectivity index (χ4v) is 17.8. The van der Waals surface area contributed by atoms with Crippen LogP contribution >= 0.6 is 23.5 Å². The molecule has 1 saturated heterocycles. The van der Waals surface area contributed by atoms with Crippen molar-refractivity contribution < 1.29 is 81.5 Å². The molecular formula is C97H131N11O17S2. The smallest absolute Gasteiger partial charge is 0.410 e. The zero-order valence-corrected chi connectivity index (χ0v) is 78.0. The van der Waals surface area contributed by atoms with Crippen LogP contribution in [0.15, 0.2) is 189 Å². The van der Waals surface area contributed by atoms with Crippen LogP contribution in [0.2, 0.25) is 0 Å². The number of aliphatic hydroxyl groups excluding tert-OH is 1. The summed E-state index contributed by atoms with van der Waals surface area (Å²) in [6.07, 6.45) is 0.0309. The molecule has 8 rings (SSSR count). The van der Waals surface area contributed by atoms with Crippen molar-refractivity contribution >= 4 is 100 Å². The average Bonchev–Trinajstić information content (AvgIpc) is 1.62. The molecular weight excluding hydrogens is 1660 g/mol. The Labute approximate surface area is 756 Å². The first-order valence-corrected chi connectivity index (χ1v) is 45.4. The van der Waals surface area contributed by atoms with Crippen LogP contribution in [0.5, 0.6) is 5.75 Å². The molecule has 30 heteroatoms. The highest BCUT2D eigenvalue weighted by Crippen LogP contribution is 2.45.